The second-order valence-electron chi connectivity index (χ2n) is 3.83. The Hall–Kier alpha value is -1.29. The summed E-state index contributed by atoms with van der Waals surface area (Å²) in [6.45, 7) is 3.11. The molecule has 0 aliphatic heterocycles. The predicted molar refractivity (Wildman–Crippen MR) is 68.2 cm³/mol. The van der Waals surface area contributed by atoms with Crippen LogP contribution >= 0.6 is 11.6 Å². The topological polar surface area (TPSA) is 51.1 Å². The molecule has 0 aliphatic rings. The second-order valence-corrected chi connectivity index (χ2v) is 4.27. The zero-order valence-electron chi connectivity index (χ0n) is 9.91. The first-order valence-electron chi connectivity index (χ1n) is 5.76. The lowest BCUT2D eigenvalue weighted by Gasteiger charge is -2.07. The van der Waals surface area contributed by atoms with Gasteiger partial charge in [0.05, 0.1) is 5.02 Å². The third kappa shape index (κ3) is 5.04. The van der Waals surface area contributed by atoms with Crippen LogP contribution in [0.3, 0.4) is 0 Å². The largest absolute Gasteiger partial charge is 0.356 e. The highest BCUT2D eigenvalue weighted by Gasteiger charge is 1.99. The number of amides is 1. The van der Waals surface area contributed by atoms with Crippen molar-refractivity contribution in [3.05, 3.63) is 33.7 Å². The van der Waals surface area contributed by atoms with Crippen molar-refractivity contribution in [2.24, 2.45) is 0 Å². The monoisotopic (exact) mass is 256 g/mol. The normalized spacial score (nSPS) is 10.2. The number of carbonyl (C=O) groups is 1. The van der Waals surface area contributed by atoms with Crippen LogP contribution in [0.1, 0.15) is 26.2 Å². The molecule has 0 aliphatic carbocycles. The SMILES string of the molecule is CCCC(=O)NCCCn1cc(Cl)ccc1=O. The predicted octanol–water partition coefficient (Wildman–Crippen LogP) is 1.81. The molecule has 5 heteroatoms. The van der Waals surface area contributed by atoms with E-state index in [0.29, 0.717) is 24.5 Å². The van der Waals surface area contributed by atoms with E-state index in [1.54, 1.807) is 16.8 Å². The van der Waals surface area contributed by atoms with E-state index < -0.39 is 0 Å². The quantitative estimate of drug-likeness (QED) is 0.790. The first-order valence-corrected chi connectivity index (χ1v) is 6.14. The minimum atomic E-state index is -0.0747. The summed E-state index contributed by atoms with van der Waals surface area (Å²) in [7, 11) is 0. The number of nitrogens with one attached hydrogen (secondary N) is 1. The molecule has 1 heterocycles. The van der Waals surface area contributed by atoms with Gasteiger partial charge in [0.2, 0.25) is 5.91 Å². The van der Waals surface area contributed by atoms with E-state index in [0.717, 1.165) is 12.8 Å². The minimum absolute atomic E-state index is 0.0611. The van der Waals surface area contributed by atoms with Crippen LogP contribution in [0.5, 0.6) is 0 Å². The lowest BCUT2D eigenvalue weighted by atomic mass is 10.3. The number of aromatic nitrogens is 1. The van der Waals surface area contributed by atoms with Gasteiger partial charge in [0, 0.05) is 31.8 Å². The fraction of sp³-hybridized carbons (Fsp3) is 0.500. The number of carbonyl (C=O) groups excluding carboxylic acids is 1. The van der Waals surface area contributed by atoms with Crippen molar-refractivity contribution in [2.75, 3.05) is 6.54 Å². The Labute approximate surface area is 106 Å². The molecule has 0 atom stereocenters. The maximum atomic E-state index is 11.4. The van der Waals surface area contributed by atoms with E-state index in [1.807, 2.05) is 6.92 Å². The lowest BCUT2D eigenvalue weighted by Crippen LogP contribution is -2.26. The first kappa shape index (κ1) is 13.8. The van der Waals surface area contributed by atoms with Crippen LogP contribution in [0.2, 0.25) is 5.02 Å². The number of rotatable bonds is 6. The van der Waals surface area contributed by atoms with Crippen molar-refractivity contribution < 1.29 is 4.79 Å². The zero-order valence-corrected chi connectivity index (χ0v) is 10.7. The van der Waals surface area contributed by atoms with Crippen molar-refractivity contribution in [1.29, 1.82) is 0 Å². The summed E-state index contributed by atoms with van der Waals surface area (Å²) >= 11 is 5.79. The summed E-state index contributed by atoms with van der Waals surface area (Å²) in [5.41, 5.74) is -0.0747. The standard InChI is InChI=1S/C12H17ClN2O2/c1-2-4-11(16)14-7-3-8-15-9-10(13)5-6-12(15)17/h5-6,9H,2-4,7-8H2,1H3,(H,14,16). The average Bonchev–Trinajstić information content (AvgIpc) is 2.29. The van der Waals surface area contributed by atoms with Gasteiger partial charge in [0.25, 0.3) is 5.56 Å². The molecule has 0 fully saturated rings. The van der Waals surface area contributed by atoms with Gasteiger partial charge < -0.3 is 9.88 Å². The molecule has 0 bridgehead atoms. The molecule has 1 aromatic heterocycles. The van der Waals surface area contributed by atoms with Crippen LogP contribution in [0.15, 0.2) is 23.1 Å². The molecule has 0 spiro atoms. The molecule has 1 N–H and O–H groups in total. The molecule has 1 rings (SSSR count). The number of hydrogen-bond donors (Lipinski definition) is 1. The van der Waals surface area contributed by atoms with Gasteiger partial charge in [0.1, 0.15) is 0 Å². The lowest BCUT2D eigenvalue weighted by molar-refractivity contribution is -0.121. The van der Waals surface area contributed by atoms with E-state index in [4.69, 9.17) is 11.6 Å². The van der Waals surface area contributed by atoms with Gasteiger partial charge in [-0.05, 0) is 18.9 Å². The van der Waals surface area contributed by atoms with Crippen molar-refractivity contribution in [3.8, 4) is 0 Å². The van der Waals surface area contributed by atoms with E-state index in [2.05, 4.69) is 5.32 Å². The highest BCUT2D eigenvalue weighted by Crippen LogP contribution is 2.03. The maximum absolute atomic E-state index is 11.4. The van der Waals surface area contributed by atoms with E-state index in [9.17, 15) is 9.59 Å². The Balaban J connectivity index is 2.33. The highest BCUT2D eigenvalue weighted by molar-refractivity contribution is 6.30. The zero-order chi connectivity index (χ0) is 12.7. The fourth-order valence-corrected chi connectivity index (χ4v) is 1.65. The average molecular weight is 257 g/mol. The van der Waals surface area contributed by atoms with Crippen LogP contribution in [0, 0.1) is 0 Å². The van der Waals surface area contributed by atoms with Crippen LogP contribution in [-0.4, -0.2) is 17.0 Å². The summed E-state index contributed by atoms with van der Waals surface area (Å²) in [6.07, 6.45) is 3.73. The van der Waals surface area contributed by atoms with Crippen LogP contribution in [0.4, 0.5) is 0 Å². The molecule has 0 aromatic carbocycles. The van der Waals surface area contributed by atoms with E-state index >= 15 is 0 Å². The third-order valence-electron chi connectivity index (χ3n) is 2.32. The van der Waals surface area contributed by atoms with Gasteiger partial charge in [-0.1, -0.05) is 18.5 Å². The van der Waals surface area contributed by atoms with Gasteiger partial charge in [-0.25, -0.2) is 0 Å². The van der Waals surface area contributed by atoms with Gasteiger partial charge in [0.15, 0.2) is 0 Å². The number of nitrogens with zero attached hydrogens (tertiary/aromatic N) is 1. The third-order valence-corrected chi connectivity index (χ3v) is 2.55. The molecule has 0 unspecified atom stereocenters. The molecule has 94 valence electrons. The van der Waals surface area contributed by atoms with Crippen molar-refractivity contribution in [1.82, 2.24) is 9.88 Å². The van der Waals surface area contributed by atoms with E-state index in [1.165, 1.54) is 6.07 Å². The molecule has 0 saturated carbocycles. The smallest absolute Gasteiger partial charge is 0.250 e. The van der Waals surface area contributed by atoms with Gasteiger partial charge in [-0.2, -0.15) is 0 Å². The summed E-state index contributed by atoms with van der Waals surface area (Å²) in [4.78, 5) is 22.6. The van der Waals surface area contributed by atoms with Gasteiger partial charge in [-0.3, -0.25) is 9.59 Å². The van der Waals surface area contributed by atoms with Crippen LogP contribution in [-0.2, 0) is 11.3 Å². The number of hydrogen-bond acceptors (Lipinski definition) is 2. The van der Waals surface area contributed by atoms with Crippen LogP contribution < -0.4 is 10.9 Å². The molecule has 1 aromatic rings. The van der Waals surface area contributed by atoms with Crippen molar-refractivity contribution in [2.45, 2.75) is 32.7 Å². The number of halogens is 1. The highest BCUT2D eigenvalue weighted by atomic mass is 35.5. The van der Waals surface area contributed by atoms with Crippen molar-refractivity contribution >= 4 is 17.5 Å². The fourth-order valence-electron chi connectivity index (χ4n) is 1.47. The Morgan fingerprint density at radius 1 is 1.47 bits per heavy atom. The maximum Gasteiger partial charge on any atom is 0.250 e. The Bertz CT molecular complexity index is 429. The molecule has 0 radical (unpaired) electrons. The van der Waals surface area contributed by atoms with Crippen molar-refractivity contribution in [3.63, 3.8) is 0 Å². The molecular formula is C12H17ClN2O2. The molecular weight excluding hydrogens is 240 g/mol. The van der Waals surface area contributed by atoms with Crippen LogP contribution in [0.25, 0.3) is 0 Å². The second kappa shape index (κ2) is 7.12. The van der Waals surface area contributed by atoms with Gasteiger partial charge >= 0.3 is 0 Å². The molecule has 4 nitrogen and oxygen atoms in total. The summed E-state index contributed by atoms with van der Waals surface area (Å²) < 4.78 is 1.55. The molecule has 17 heavy (non-hydrogen) atoms. The molecule has 1 amide bonds. The Morgan fingerprint density at radius 2 is 2.24 bits per heavy atom. The summed E-state index contributed by atoms with van der Waals surface area (Å²) in [5, 5.41) is 3.34. The Morgan fingerprint density at radius 3 is 2.94 bits per heavy atom. The molecule has 0 saturated heterocycles. The number of aryl methyl sites for hydroxylation is 1. The summed E-state index contributed by atoms with van der Waals surface area (Å²) in [5.74, 6) is 0.0611. The summed E-state index contributed by atoms with van der Waals surface area (Å²) in [6, 6.07) is 3.02. The Kier molecular flexibility index (Phi) is 5.77. The number of pyridine rings is 1. The van der Waals surface area contributed by atoms with E-state index in [-0.39, 0.29) is 11.5 Å². The minimum Gasteiger partial charge on any atom is -0.356 e. The van der Waals surface area contributed by atoms with Gasteiger partial charge in [-0.15, -0.1) is 0 Å². The first-order chi connectivity index (χ1) is 8.13.